The standard InChI is InChI=1S/C51H63N3O9S3/c1-40-10-16-49(17-11-40)64(55,56)52-22-4-7-43-31-44-8-5-23-53(65(57,58)50-18-12-41(2)13-19-50)26-29-62-38-47-34-46(37-61-28-25-52)35-48(36-47)39-63-30-27-54(24-6-9-45(32-43)33-44)66(59,60)51-20-14-42(3)15-21-51/h10-21,31-36H,4-9,22-30,37-39H2,1-3H3. The Morgan fingerprint density at radius 1 is 0.348 bits per heavy atom. The molecule has 12 nitrogen and oxygen atoms in total. The Labute approximate surface area is 392 Å². The Kier molecular flexibility index (Phi) is 17.0. The van der Waals surface area contributed by atoms with Crippen LogP contribution in [-0.2, 0) is 83.4 Å². The van der Waals surface area contributed by atoms with Gasteiger partial charge in [0.1, 0.15) is 0 Å². The molecule has 0 aliphatic carbocycles. The maximum atomic E-state index is 14.2. The Hall–Kier alpha value is -4.29. The molecular formula is C51H63N3O9S3. The number of aryl methyl sites for hydroxylation is 6. The highest BCUT2D eigenvalue weighted by Gasteiger charge is 2.27. The molecule has 0 saturated heterocycles. The van der Waals surface area contributed by atoms with Gasteiger partial charge in [-0.2, -0.15) is 12.9 Å². The third kappa shape index (κ3) is 13.2. The van der Waals surface area contributed by atoms with E-state index in [0.29, 0.717) is 38.5 Å². The molecule has 354 valence electrons. The fourth-order valence-corrected chi connectivity index (χ4v) is 12.8. The number of nitrogens with zero attached hydrogens (tertiary/aromatic N) is 3. The van der Waals surface area contributed by atoms with E-state index in [4.69, 9.17) is 14.2 Å². The van der Waals surface area contributed by atoms with Crippen LogP contribution in [0.5, 0.6) is 0 Å². The van der Waals surface area contributed by atoms with E-state index in [-0.39, 0.29) is 93.6 Å². The molecule has 0 atom stereocenters. The second-order valence-electron chi connectivity index (χ2n) is 17.4. The minimum atomic E-state index is -3.85. The second kappa shape index (κ2) is 22.7. The van der Waals surface area contributed by atoms with Crippen LogP contribution >= 0.6 is 0 Å². The van der Waals surface area contributed by atoms with E-state index in [1.165, 1.54) is 12.9 Å². The molecule has 0 amide bonds. The summed E-state index contributed by atoms with van der Waals surface area (Å²) < 4.78 is 108. The molecule has 0 fully saturated rings. The van der Waals surface area contributed by atoms with Gasteiger partial charge in [-0.15, -0.1) is 0 Å². The van der Waals surface area contributed by atoms with Crippen molar-refractivity contribution in [1.29, 1.82) is 0 Å². The van der Waals surface area contributed by atoms with Crippen molar-refractivity contribution in [1.82, 2.24) is 12.9 Å². The molecule has 15 heteroatoms. The summed E-state index contributed by atoms with van der Waals surface area (Å²) in [5, 5.41) is 0. The Bertz CT molecular complexity index is 2410. The average molecular weight is 958 g/mol. The Morgan fingerprint density at radius 2 is 0.591 bits per heavy atom. The summed E-state index contributed by atoms with van der Waals surface area (Å²) in [6.45, 7) is 8.16. The van der Waals surface area contributed by atoms with Crippen LogP contribution in [0.4, 0.5) is 0 Å². The van der Waals surface area contributed by atoms with Crippen LogP contribution in [0.15, 0.2) is 124 Å². The van der Waals surface area contributed by atoms with Crippen LogP contribution < -0.4 is 0 Å². The largest absolute Gasteiger partial charge is 0.375 e. The summed E-state index contributed by atoms with van der Waals surface area (Å²) in [5.41, 5.74) is 8.48. The van der Waals surface area contributed by atoms with E-state index in [1.54, 1.807) is 72.8 Å². The molecule has 66 heavy (non-hydrogen) atoms. The maximum absolute atomic E-state index is 14.2. The summed E-state index contributed by atoms with van der Waals surface area (Å²) in [7, 11) is -11.5. The summed E-state index contributed by atoms with van der Waals surface area (Å²) >= 11 is 0. The summed E-state index contributed by atoms with van der Waals surface area (Å²) in [4.78, 5) is 0.693. The van der Waals surface area contributed by atoms with E-state index in [0.717, 1.165) is 50.1 Å². The molecular weight excluding hydrogens is 895 g/mol. The highest BCUT2D eigenvalue weighted by atomic mass is 32.2. The molecule has 0 spiro atoms. The summed E-state index contributed by atoms with van der Waals surface area (Å²) in [5.74, 6) is 0. The zero-order valence-electron chi connectivity index (χ0n) is 38.4. The SMILES string of the molecule is Cc1ccc(S(=O)(=O)N2CCCc3cc4cc(c3)CCCN(S(=O)(=O)c3ccc(C)cc3)CCOCc3cc(cc(c3)COCCN(S(=O)(=O)c3ccc(C)cc3)CCC4)COCC2)cc1. The highest BCUT2D eigenvalue weighted by molar-refractivity contribution is 7.89. The first kappa shape index (κ1) is 49.6. The lowest BCUT2D eigenvalue weighted by molar-refractivity contribution is 0.103. The van der Waals surface area contributed by atoms with E-state index in [9.17, 15) is 25.3 Å². The van der Waals surface area contributed by atoms with Crippen LogP contribution in [0.25, 0.3) is 0 Å². The lowest BCUT2D eigenvalue weighted by Gasteiger charge is -2.24. The van der Waals surface area contributed by atoms with Crippen LogP contribution in [0.3, 0.4) is 0 Å². The monoisotopic (exact) mass is 957 g/mol. The zero-order chi connectivity index (χ0) is 46.7. The van der Waals surface area contributed by atoms with Gasteiger partial charge >= 0.3 is 0 Å². The van der Waals surface area contributed by atoms with Gasteiger partial charge < -0.3 is 14.2 Å². The number of fused-ring (bicyclic) bond motifs is 21. The number of hydrogen-bond donors (Lipinski definition) is 0. The molecule has 0 N–H and O–H groups in total. The van der Waals surface area contributed by atoms with Crippen LogP contribution in [0.2, 0.25) is 0 Å². The van der Waals surface area contributed by atoms with Crippen molar-refractivity contribution in [2.24, 2.45) is 0 Å². The zero-order valence-corrected chi connectivity index (χ0v) is 40.8. The lowest BCUT2D eigenvalue weighted by Crippen LogP contribution is -2.35. The molecule has 0 aromatic heterocycles. The van der Waals surface area contributed by atoms with Crippen molar-refractivity contribution < 1.29 is 39.5 Å². The third-order valence-corrected chi connectivity index (χ3v) is 17.8. The van der Waals surface area contributed by atoms with Gasteiger partial charge in [0.15, 0.2) is 0 Å². The van der Waals surface area contributed by atoms with Crippen LogP contribution in [-0.4, -0.2) is 97.3 Å². The second-order valence-corrected chi connectivity index (χ2v) is 23.2. The maximum Gasteiger partial charge on any atom is 0.243 e. The van der Waals surface area contributed by atoms with Gasteiger partial charge in [-0.25, -0.2) is 25.3 Å². The van der Waals surface area contributed by atoms with Crippen molar-refractivity contribution >= 4 is 30.1 Å². The molecule has 5 aromatic rings. The number of benzene rings is 5. The van der Waals surface area contributed by atoms with Gasteiger partial charge in [-0.1, -0.05) is 89.5 Å². The van der Waals surface area contributed by atoms with Gasteiger partial charge in [0, 0.05) is 39.3 Å². The first-order valence-corrected chi connectivity index (χ1v) is 27.2. The van der Waals surface area contributed by atoms with E-state index in [1.807, 2.05) is 39.0 Å². The van der Waals surface area contributed by atoms with E-state index in [2.05, 4.69) is 18.2 Å². The van der Waals surface area contributed by atoms with Crippen molar-refractivity contribution in [3.8, 4) is 0 Å². The molecule has 8 rings (SSSR count). The summed E-state index contributed by atoms with van der Waals surface area (Å²) in [6.07, 6.45) is 3.41. The normalized spacial score (nSPS) is 18.0. The number of rotatable bonds is 6. The highest BCUT2D eigenvalue weighted by Crippen LogP contribution is 2.24. The van der Waals surface area contributed by atoms with Crippen molar-refractivity contribution in [2.75, 3.05) is 59.1 Å². The third-order valence-electron chi connectivity index (χ3n) is 12.1. The predicted octanol–water partition coefficient (Wildman–Crippen LogP) is 7.76. The topological polar surface area (TPSA) is 140 Å². The first-order chi connectivity index (χ1) is 31.7. The Morgan fingerprint density at radius 3 is 0.848 bits per heavy atom. The van der Waals surface area contributed by atoms with E-state index >= 15 is 0 Å². The van der Waals surface area contributed by atoms with Crippen molar-refractivity contribution in [3.63, 3.8) is 0 Å². The molecule has 0 saturated carbocycles. The van der Waals surface area contributed by atoms with Crippen LogP contribution in [0, 0.1) is 20.8 Å². The van der Waals surface area contributed by atoms with Crippen molar-refractivity contribution in [2.45, 2.75) is 93.8 Å². The van der Waals surface area contributed by atoms with E-state index < -0.39 is 30.1 Å². The molecule has 0 radical (unpaired) electrons. The molecule has 3 aliphatic heterocycles. The quantitative estimate of drug-likeness (QED) is 0.167. The van der Waals surface area contributed by atoms with Gasteiger partial charge in [-0.3, -0.25) is 0 Å². The fourth-order valence-electron chi connectivity index (χ4n) is 8.44. The Balaban J connectivity index is 1.25. The summed E-state index contributed by atoms with van der Waals surface area (Å²) in [6, 6.07) is 33.0. The van der Waals surface area contributed by atoms with Gasteiger partial charge in [-0.05, 0) is 129 Å². The average Bonchev–Trinajstić information content (AvgIpc) is 3.28. The number of hydrogen-bond acceptors (Lipinski definition) is 9. The molecule has 5 aromatic carbocycles. The first-order valence-electron chi connectivity index (χ1n) is 22.8. The number of ether oxygens (including phenoxy) is 3. The lowest BCUT2D eigenvalue weighted by atomic mass is 9.97. The van der Waals surface area contributed by atoms with Crippen LogP contribution in [0.1, 0.15) is 69.3 Å². The molecule has 3 heterocycles. The molecule has 6 bridgehead atoms. The molecule has 0 unspecified atom stereocenters. The minimum absolute atomic E-state index is 0.161. The van der Waals surface area contributed by atoms with Gasteiger partial charge in [0.2, 0.25) is 30.1 Å². The minimum Gasteiger partial charge on any atom is -0.375 e. The fraction of sp³-hybridized carbons (Fsp3) is 0.412. The smallest absolute Gasteiger partial charge is 0.243 e. The number of sulfonamides is 3. The van der Waals surface area contributed by atoms with Crippen molar-refractivity contribution in [3.05, 3.63) is 159 Å². The van der Waals surface area contributed by atoms with Gasteiger partial charge in [0.25, 0.3) is 0 Å². The predicted molar refractivity (Wildman–Crippen MR) is 257 cm³/mol. The molecule has 3 aliphatic rings. The van der Waals surface area contributed by atoms with Gasteiger partial charge in [0.05, 0.1) is 54.3 Å².